The van der Waals surface area contributed by atoms with Crippen molar-refractivity contribution >= 4 is 34.1 Å². The van der Waals surface area contributed by atoms with Crippen LogP contribution in [0.25, 0.3) is 0 Å². The third kappa shape index (κ3) is 5.20. The Morgan fingerprint density at radius 1 is 1.22 bits per heavy atom. The van der Waals surface area contributed by atoms with E-state index < -0.39 is 0 Å². The quantitative estimate of drug-likeness (QED) is 0.555. The molecule has 5 nitrogen and oxygen atoms in total. The van der Waals surface area contributed by atoms with Crippen LogP contribution in [0.3, 0.4) is 0 Å². The van der Waals surface area contributed by atoms with Crippen molar-refractivity contribution in [3.05, 3.63) is 59.9 Å². The Labute approximate surface area is 167 Å². The van der Waals surface area contributed by atoms with Gasteiger partial charge in [0.25, 0.3) is 0 Å². The predicted molar refractivity (Wildman–Crippen MR) is 110 cm³/mol. The number of hydrogen-bond acceptors (Lipinski definition) is 6. The van der Waals surface area contributed by atoms with Gasteiger partial charge in [-0.05, 0) is 12.5 Å². The van der Waals surface area contributed by atoms with E-state index in [1.807, 2.05) is 37.3 Å². The summed E-state index contributed by atoms with van der Waals surface area (Å²) >= 11 is 3.05. The standard InChI is InChI=1S/C20H23N3O2S2/c1-13(14-8-6-5-7-9-14)18(24)23-19-22-11-17(27-19)26-12-16-21-10-15(25-16)20(2,3)4/h5-11,13H,12H2,1-4H3,(H,22,23,24)/t13-/m0/s1. The summed E-state index contributed by atoms with van der Waals surface area (Å²) in [6.07, 6.45) is 3.56. The van der Waals surface area contributed by atoms with Crippen molar-refractivity contribution in [2.75, 3.05) is 5.32 Å². The predicted octanol–water partition coefficient (Wildman–Crippen LogP) is 5.46. The minimum absolute atomic E-state index is 0.0483. The maximum Gasteiger partial charge on any atom is 0.233 e. The van der Waals surface area contributed by atoms with Gasteiger partial charge in [0.1, 0.15) is 5.76 Å². The summed E-state index contributed by atoms with van der Waals surface area (Å²) in [4.78, 5) is 21.1. The van der Waals surface area contributed by atoms with E-state index in [1.165, 1.54) is 11.3 Å². The number of hydrogen-bond donors (Lipinski definition) is 1. The Morgan fingerprint density at radius 3 is 2.63 bits per heavy atom. The molecule has 0 saturated carbocycles. The minimum atomic E-state index is -0.227. The van der Waals surface area contributed by atoms with Gasteiger partial charge in [-0.3, -0.25) is 4.79 Å². The highest BCUT2D eigenvalue weighted by Gasteiger charge is 2.20. The van der Waals surface area contributed by atoms with Gasteiger partial charge in [-0.15, -0.1) is 11.8 Å². The topological polar surface area (TPSA) is 68.0 Å². The molecule has 2 heterocycles. The van der Waals surface area contributed by atoms with Crippen LogP contribution >= 0.6 is 23.1 Å². The summed E-state index contributed by atoms with van der Waals surface area (Å²) in [5.41, 5.74) is 0.938. The molecule has 3 rings (SSSR count). The SMILES string of the molecule is C[C@H](C(=O)Nc1ncc(SCc2ncc(C(C)(C)C)o2)s1)c1ccccc1. The van der Waals surface area contributed by atoms with E-state index in [0.717, 1.165) is 15.5 Å². The molecule has 1 aromatic carbocycles. The third-order valence-electron chi connectivity index (χ3n) is 4.04. The molecule has 0 bridgehead atoms. The van der Waals surface area contributed by atoms with Crippen molar-refractivity contribution in [2.45, 2.75) is 49.0 Å². The largest absolute Gasteiger partial charge is 0.444 e. The number of rotatable bonds is 6. The number of nitrogens with zero attached hydrogens (tertiary/aromatic N) is 2. The highest BCUT2D eigenvalue weighted by atomic mass is 32.2. The van der Waals surface area contributed by atoms with Crippen LogP contribution in [0.15, 0.2) is 51.4 Å². The van der Waals surface area contributed by atoms with Crippen molar-refractivity contribution in [1.29, 1.82) is 0 Å². The molecule has 3 aromatic rings. The van der Waals surface area contributed by atoms with Crippen LogP contribution in [0.2, 0.25) is 0 Å². The number of carbonyl (C=O) groups excluding carboxylic acids is 1. The summed E-state index contributed by atoms with van der Waals surface area (Å²) in [5.74, 6) is 1.92. The number of carbonyl (C=O) groups is 1. The summed E-state index contributed by atoms with van der Waals surface area (Å²) in [7, 11) is 0. The van der Waals surface area contributed by atoms with E-state index in [9.17, 15) is 4.79 Å². The zero-order valence-electron chi connectivity index (χ0n) is 15.9. The number of thiazole rings is 1. The van der Waals surface area contributed by atoms with Gasteiger partial charge in [0.15, 0.2) is 5.13 Å². The summed E-state index contributed by atoms with van der Waals surface area (Å²) in [6.45, 7) is 8.18. The van der Waals surface area contributed by atoms with Crippen LogP contribution in [-0.4, -0.2) is 15.9 Å². The summed E-state index contributed by atoms with van der Waals surface area (Å²) in [5, 5.41) is 3.50. The number of nitrogens with one attached hydrogen (secondary N) is 1. The van der Waals surface area contributed by atoms with Crippen molar-refractivity contribution < 1.29 is 9.21 Å². The van der Waals surface area contributed by atoms with Crippen LogP contribution < -0.4 is 5.32 Å². The Morgan fingerprint density at radius 2 is 1.96 bits per heavy atom. The lowest BCUT2D eigenvalue weighted by Crippen LogP contribution is -2.18. The van der Waals surface area contributed by atoms with Gasteiger partial charge in [0.05, 0.1) is 28.3 Å². The lowest BCUT2D eigenvalue weighted by Gasteiger charge is -2.12. The van der Waals surface area contributed by atoms with Crippen LogP contribution in [0.5, 0.6) is 0 Å². The second-order valence-corrected chi connectivity index (χ2v) is 9.57. The molecular formula is C20H23N3O2S2. The molecule has 1 N–H and O–H groups in total. The Hall–Kier alpha value is -2.12. The number of thioether (sulfide) groups is 1. The molecule has 0 saturated heterocycles. The van der Waals surface area contributed by atoms with Crippen LogP contribution in [-0.2, 0) is 16.0 Å². The van der Waals surface area contributed by atoms with Gasteiger partial charge >= 0.3 is 0 Å². The average Bonchev–Trinajstić information content (AvgIpc) is 3.29. The fourth-order valence-electron chi connectivity index (χ4n) is 2.35. The molecule has 2 aromatic heterocycles. The summed E-state index contributed by atoms with van der Waals surface area (Å²) in [6, 6.07) is 9.72. The number of oxazole rings is 1. The molecule has 0 radical (unpaired) electrons. The Kier molecular flexibility index (Phi) is 6.01. The Bertz CT molecular complexity index is 897. The smallest absolute Gasteiger partial charge is 0.233 e. The zero-order chi connectivity index (χ0) is 19.4. The van der Waals surface area contributed by atoms with Crippen LogP contribution in [0.1, 0.15) is 50.8 Å². The monoisotopic (exact) mass is 401 g/mol. The highest BCUT2D eigenvalue weighted by molar-refractivity contribution is 8.00. The van der Waals surface area contributed by atoms with Crippen molar-refractivity contribution in [1.82, 2.24) is 9.97 Å². The fraction of sp³-hybridized carbons (Fsp3) is 0.350. The van der Waals surface area contributed by atoms with Gasteiger partial charge in [0, 0.05) is 5.41 Å². The van der Waals surface area contributed by atoms with Crippen molar-refractivity contribution in [3.63, 3.8) is 0 Å². The molecule has 0 unspecified atom stereocenters. The van der Waals surface area contributed by atoms with E-state index in [2.05, 4.69) is 36.1 Å². The van der Waals surface area contributed by atoms with E-state index in [-0.39, 0.29) is 17.2 Å². The number of benzene rings is 1. The first-order chi connectivity index (χ1) is 12.8. The lowest BCUT2D eigenvalue weighted by molar-refractivity contribution is -0.117. The molecule has 0 spiro atoms. The highest BCUT2D eigenvalue weighted by Crippen LogP contribution is 2.32. The molecule has 7 heteroatoms. The molecule has 0 aliphatic carbocycles. The first-order valence-corrected chi connectivity index (χ1v) is 10.5. The lowest BCUT2D eigenvalue weighted by atomic mass is 9.94. The van der Waals surface area contributed by atoms with Crippen LogP contribution in [0.4, 0.5) is 5.13 Å². The second-order valence-electron chi connectivity index (χ2n) is 7.26. The molecule has 0 aliphatic heterocycles. The van der Waals surface area contributed by atoms with Gasteiger partial charge in [-0.25, -0.2) is 9.97 Å². The third-order valence-corrected chi connectivity index (χ3v) is 6.13. The molecule has 27 heavy (non-hydrogen) atoms. The van der Waals surface area contributed by atoms with Crippen LogP contribution in [0, 0.1) is 0 Å². The first kappa shape index (κ1) is 19.6. The number of anilines is 1. The van der Waals surface area contributed by atoms with Gasteiger partial charge < -0.3 is 9.73 Å². The minimum Gasteiger partial charge on any atom is -0.444 e. The average molecular weight is 402 g/mol. The zero-order valence-corrected chi connectivity index (χ0v) is 17.5. The van der Waals surface area contributed by atoms with E-state index >= 15 is 0 Å². The molecule has 0 fully saturated rings. The van der Waals surface area contributed by atoms with Gasteiger partial charge in [-0.2, -0.15) is 0 Å². The molecule has 1 amide bonds. The second kappa shape index (κ2) is 8.27. The van der Waals surface area contributed by atoms with Crippen molar-refractivity contribution in [2.24, 2.45) is 0 Å². The molecule has 0 aliphatic rings. The van der Waals surface area contributed by atoms with E-state index in [0.29, 0.717) is 16.8 Å². The molecule has 142 valence electrons. The van der Waals surface area contributed by atoms with E-state index in [1.54, 1.807) is 24.2 Å². The fourth-order valence-corrected chi connectivity index (χ4v) is 4.08. The number of aromatic nitrogens is 2. The molecule has 1 atom stereocenters. The Balaban J connectivity index is 1.55. The normalized spacial score (nSPS) is 12.7. The maximum atomic E-state index is 12.4. The van der Waals surface area contributed by atoms with Gasteiger partial charge in [0.2, 0.25) is 11.8 Å². The van der Waals surface area contributed by atoms with E-state index in [4.69, 9.17) is 4.42 Å². The summed E-state index contributed by atoms with van der Waals surface area (Å²) < 4.78 is 6.81. The first-order valence-electron chi connectivity index (χ1n) is 8.72. The maximum absolute atomic E-state index is 12.4. The van der Waals surface area contributed by atoms with Crippen molar-refractivity contribution in [3.8, 4) is 0 Å². The van der Waals surface area contributed by atoms with Gasteiger partial charge in [-0.1, -0.05) is 62.4 Å². The molecular weight excluding hydrogens is 378 g/mol. The number of amides is 1.